The zero-order valence-electron chi connectivity index (χ0n) is 25.8. The van der Waals surface area contributed by atoms with Crippen molar-refractivity contribution in [1.82, 2.24) is 29.9 Å². The third-order valence-corrected chi connectivity index (χ3v) is 9.47. The molecular formula is C28H30Cl2N10Na2O8S2. The van der Waals surface area contributed by atoms with E-state index >= 15 is 0 Å². The molecule has 2 aromatic carbocycles. The first-order valence-electron chi connectivity index (χ1n) is 14.8. The number of rotatable bonds is 10. The van der Waals surface area contributed by atoms with Crippen LogP contribution in [0.3, 0.4) is 0 Å². The van der Waals surface area contributed by atoms with Gasteiger partial charge in [0, 0.05) is 37.6 Å². The monoisotopic (exact) mass is 814 g/mol. The summed E-state index contributed by atoms with van der Waals surface area (Å²) in [4.78, 5) is 27.8. The van der Waals surface area contributed by atoms with Crippen LogP contribution in [0.25, 0.3) is 12.2 Å². The van der Waals surface area contributed by atoms with Crippen LogP contribution in [-0.4, -0.2) is 168 Å². The molecule has 2 aromatic heterocycles. The number of aromatic nitrogens is 6. The average molecular weight is 816 g/mol. The van der Waals surface area contributed by atoms with E-state index < -0.39 is 30.0 Å². The molecule has 0 bridgehead atoms. The van der Waals surface area contributed by atoms with Crippen molar-refractivity contribution < 1.29 is 35.4 Å². The van der Waals surface area contributed by atoms with Crippen LogP contribution in [0, 0.1) is 0 Å². The van der Waals surface area contributed by atoms with Gasteiger partial charge in [0.2, 0.25) is 34.4 Å². The van der Waals surface area contributed by atoms with Gasteiger partial charge in [-0.1, -0.05) is 24.3 Å². The molecule has 52 heavy (non-hydrogen) atoms. The van der Waals surface area contributed by atoms with Gasteiger partial charge >= 0.3 is 59.1 Å². The summed E-state index contributed by atoms with van der Waals surface area (Å²) in [6.07, 6.45) is 2.53. The Morgan fingerprint density at radius 3 is 1.33 bits per heavy atom. The second kappa shape index (κ2) is 18.4. The van der Waals surface area contributed by atoms with Gasteiger partial charge in [-0.25, -0.2) is 0 Å². The molecule has 6 rings (SSSR count). The predicted octanol–water partition coefficient (Wildman–Crippen LogP) is 1.89. The van der Waals surface area contributed by atoms with E-state index in [2.05, 4.69) is 40.5 Å². The Kier molecular flexibility index (Phi) is 15.0. The molecule has 2 aliphatic rings. The number of nitrogens with zero attached hydrogens (tertiary/aromatic N) is 8. The number of hydrogen-bond acceptors (Lipinski definition) is 16. The van der Waals surface area contributed by atoms with Crippen molar-refractivity contribution in [3.8, 4) is 0 Å². The third-order valence-electron chi connectivity index (χ3n) is 7.32. The molecular weight excluding hydrogens is 785 g/mol. The maximum atomic E-state index is 12.4. The summed E-state index contributed by atoms with van der Waals surface area (Å²) in [6.45, 7) is 4.09. The molecule has 0 amide bonds. The van der Waals surface area contributed by atoms with E-state index in [4.69, 9.17) is 32.7 Å². The van der Waals surface area contributed by atoms with Crippen molar-refractivity contribution in [3.05, 3.63) is 58.1 Å². The normalized spacial score (nSPS) is 15.2. The van der Waals surface area contributed by atoms with Crippen LogP contribution in [0.5, 0.6) is 0 Å². The van der Waals surface area contributed by atoms with Crippen molar-refractivity contribution in [3.63, 3.8) is 0 Å². The fraction of sp³-hybridized carbons (Fsp3) is 0.286. The molecule has 4 N–H and O–H groups in total. The predicted molar refractivity (Wildman–Crippen MR) is 198 cm³/mol. The number of nitrogens with one attached hydrogen (secondary N) is 2. The summed E-state index contributed by atoms with van der Waals surface area (Å²) in [6, 6.07) is 8.00. The number of anilines is 6. The molecule has 18 nitrogen and oxygen atoms in total. The van der Waals surface area contributed by atoms with Crippen molar-refractivity contribution >= 4 is 150 Å². The van der Waals surface area contributed by atoms with Gasteiger partial charge in [-0.3, -0.25) is 9.11 Å². The van der Waals surface area contributed by atoms with E-state index in [9.17, 15) is 25.9 Å². The molecule has 2 saturated heterocycles. The minimum absolute atomic E-state index is 0. The zero-order valence-corrected chi connectivity index (χ0v) is 28.9. The van der Waals surface area contributed by atoms with E-state index in [1.54, 1.807) is 0 Å². The van der Waals surface area contributed by atoms with Crippen LogP contribution < -0.4 is 20.4 Å². The number of hydrogen-bond donors (Lipinski definition) is 4. The van der Waals surface area contributed by atoms with Gasteiger partial charge < -0.3 is 29.9 Å². The van der Waals surface area contributed by atoms with E-state index in [-0.39, 0.29) is 104 Å². The van der Waals surface area contributed by atoms with Gasteiger partial charge in [-0.2, -0.15) is 46.7 Å². The fourth-order valence-corrected chi connectivity index (χ4v) is 6.72. The van der Waals surface area contributed by atoms with Crippen LogP contribution >= 0.6 is 23.2 Å². The van der Waals surface area contributed by atoms with Crippen LogP contribution in [0.15, 0.2) is 46.2 Å². The Labute approximate surface area is 352 Å². The molecule has 0 unspecified atom stereocenters. The summed E-state index contributed by atoms with van der Waals surface area (Å²) < 4.78 is 80.4. The average Bonchev–Trinajstić information content (AvgIpc) is 3.07. The minimum atomic E-state index is -4.79. The Hall–Kier alpha value is -2.28. The van der Waals surface area contributed by atoms with Crippen LogP contribution in [0.1, 0.15) is 11.1 Å². The topological polar surface area (TPSA) is 235 Å². The Morgan fingerprint density at radius 2 is 0.981 bits per heavy atom. The standard InChI is InChI=1S/C28H28Cl2N10O8S2.2Na.2H/c29-23-33-25(37-27(35-23)39-7-11-47-12-8-39)31-19-5-3-17(21(15-19)49(41,42)43)1-2-18-4-6-20(16-22(18)50(44,45)46)32-26-34-24(30)36-28(38-26)40-9-13-48-14-10-40;;;;/h1-6,15-16H,7-14H2,(H,41,42,43)(H,44,45,46)(H,31,33,35,37)(H,32,34,36,38);;;;. The first-order chi connectivity index (χ1) is 23.8. The summed E-state index contributed by atoms with van der Waals surface area (Å²) >= 11 is 12.2. The molecule has 268 valence electrons. The summed E-state index contributed by atoms with van der Waals surface area (Å²) in [5.41, 5.74) is 0.378. The Balaban J connectivity index is 0.00000302. The Morgan fingerprint density at radius 1 is 0.615 bits per heavy atom. The molecule has 4 aromatic rings. The van der Waals surface area contributed by atoms with Gasteiger partial charge in [0.1, 0.15) is 9.79 Å². The van der Waals surface area contributed by atoms with Gasteiger partial charge in [0.25, 0.3) is 20.2 Å². The van der Waals surface area contributed by atoms with Crippen molar-refractivity contribution in [1.29, 1.82) is 0 Å². The summed E-state index contributed by atoms with van der Waals surface area (Å²) in [5.74, 6) is 0.658. The maximum absolute atomic E-state index is 12.4. The summed E-state index contributed by atoms with van der Waals surface area (Å²) in [5, 5.41) is 5.54. The van der Waals surface area contributed by atoms with Crippen LogP contribution in [0.4, 0.5) is 35.2 Å². The quantitative estimate of drug-likeness (QED) is 0.102. The second-order valence-corrected chi connectivity index (χ2v) is 14.1. The molecule has 2 aliphatic heterocycles. The van der Waals surface area contributed by atoms with E-state index in [0.717, 1.165) is 12.1 Å². The van der Waals surface area contributed by atoms with Crippen molar-refractivity contribution in [2.24, 2.45) is 0 Å². The zero-order chi connectivity index (χ0) is 35.5. The second-order valence-electron chi connectivity index (χ2n) is 10.7. The van der Waals surface area contributed by atoms with Gasteiger partial charge in [0.05, 0.1) is 26.4 Å². The number of halogens is 2. The molecule has 2 fully saturated rings. The molecule has 0 saturated carbocycles. The third kappa shape index (κ3) is 11.1. The first kappa shape index (κ1) is 42.5. The number of morpholine rings is 2. The van der Waals surface area contributed by atoms with Gasteiger partial charge in [-0.15, -0.1) is 0 Å². The van der Waals surface area contributed by atoms with Crippen LogP contribution in [-0.2, 0) is 29.7 Å². The fourth-order valence-electron chi connectivity index (χ4n) is 4.98. The Bertz CT molecular complexity index is 2010. The summed E-state index contributed by atoms with van der Waals surface area (Å²) in [7, 11) is -9.58. The van der Waals surface area contributed by atoms with Gasteiger partial charge in [-0.05, 0) is 58.6 Å². The number of benzene rings is 2. The molecule has 0 atom stereocenters. The van der Waals surface area contributed by atoms with Crippen molar-refractivity contribution in [2.45, 2.75) is 9.79 Å². The van der Waals surface area contributed by atoms with Crippen molar-refractivity contribution in [2.75, 3.05) is 73.0 Å². The molecule has 0 spiro atoms. The van der Waals surface area contributed by atoms with Gasteiger partial charge in [0.15, 0.2) is 0 Å². The van der Waals surface area contributed by atoms with E-state index in [1.165, 1.54) is 36.4 Å². The first-order valence-corrected chi connectivity index (χ1v) is 18.4. The van der Waals surface area contributed by atoms with Crippen LogP contribution in [0.2, 0.25) is 10.6 Å². The molecule has 24 heteroatoms. The number of ether oxygens (including phenoxy) is 2. The van der Waals surface area contributed by atoms with E-state index in [0.29, 0.717) is 64.5 Å². The molecule has 0 radical (unpaired) electrons. The SMILES string of the molecule is O=S(=O)(O)c1cc(Nc2nc(Cl)nc(N3CCOCC3)n2)ccc1C=Cc1ccc(Nc2nc(Cl)nc(N3CCOCC3)n2)cc1S(=O)(=O)O.[NaH].[NaH]. The van der Waals surface area contributed by atoms with E-state index in [1.807, 2.05) is 9.80 Å². The molecule has 4 heterocycles. The molecule has 0 aliphatic carbocycles.